The van der Waals surface area contributed by atoms with E-state index < -0.39 is 0 Å². The van der Waals surface area contributed by atoms with E-state index in [4.69, 9.17) is 4.74 Å². The Morgan fingerprint density at radius 2 is 2.11 bits per heavy atom. The maximum atomic E-state index is 12.5. The van der Waals surface area contributed by atoms with Gasteiger partial charge in [0.1, 0.15) is 5.75 Å². The summed E-state index contributed by atoms with van der Waals surface area (Å²) in [6.07, 6.45) is 3.19. The average Bonchev–Trinajstić information content (AvgIpc) is 2.36. The number of piperazine rings is 1. The summed E-state index contributed by atoms with van der Waals surface area (Å²) in [4.78, 5) is 18.3. The largest absolute Gasteiger partial charge is 0.494 e. The van der Waals surface area contributed by atoms with Gasteiger partial charge >= 0.3 is 0 Å². The van der Waals surface area contributed by atoms with Gasteiger partial charge in [0, 0.05) is 31.4 Å². The van der Waals surface area contributed by atoms with E-state index in [1.807, 2.05) is 4.90 Å². The highest BCUT2D eigenvalue weighted by Crippen LogP contribution is 2.19. The van der Waals surface area contributed by atoms with Gasteiger partial charge in [-0.15, -0.1) is 0 Å². The second-order valence-electron chi connectivity index (χ2n) is 4.75. The van der Waals surface area contributed by atoms with Gasteiger partial charge < -0.3 is 15.0 Å². The van der Waals surface area contributed by atoms with Crippen molar-refractivity contribution < 1.29 is 9.53 Å². The fourth-order valence-electron chi connectivity index (χ4n) is 2.38. The Bertz CT molecular complexity index is 426. The van der Waals surface area contributed by atoms with Crippen LogP contribution in [0.4, 0.5) is 0 Å². The normalized spacial score (nSPS) is 23.8. The molecule has 1 amide bonds. The molecule has 0 bridgehead atoms. The smallest absolute Gasteiger partial charge is 0.257 e. The van der Waals surface area contributed by atoms with E-state index in [0.717, 1.165) is 0 Å². The average molecular weight is 249 g/mol. The highest BCUT2D eigenvalue weighted by atomic mass is 16.5. The van der Waals surface area contributed by atoms with Gasteiger partial charge in [-0.25, -0.2) is 0 Å². The second-order valence-corrected chi connectivity index (χ2v) is 4.75. The lowest BCUT2D eigenvalue weighted by atomic mass is 10.1. The first-order valence-electron chi connectivity index (χ1n) is 6.15. The maximum absolute atomic E-state index is 12.5. The van der Waals surface area contributed by atoms with E-state index in [2.05, 4.69) is 24.1 Å². The molecule has 1 fully saturated rings. The van der Waals surface area contributed by atoms with Gasteiger partial charge in [0.05, 0.1) is 18.9 Å². The van der Waals surface area contributed by atoms with E-state index in [0.29, 0.717) is 36.5 Å². The zero-order valence-corrected chi connectivity index (χ0v) is 11.0. The second kappa shape index (κ2) is 5.35. The van der Waals surface area contributed by atoms with Crippen LogP contribution in [0.2, 0.25) is 0 Å². The molecule has 98 valence electrons. The van der Waals surface area contributed by atoms with Crippen molar-refractivity contribution in [3.8, 4) is 5.75 Å². The third-order valence-corrected chi connectivity index (χ3v) is 3.08. The molecule has 1 aliphatic rings. The number of ether oxygens (including phenoxy) is 1. The van der Waals surface area contributed by atoms with Crippen molar-refractivity contribution in [2.75, 3.05) is 20.2 Å². The number of carbonyl (C=O) groups excluding carboxylic acids is 1. The van der Waals surface area contributed by atoms with Crippen LogP contribution in [0.25, 0.3) is 0 Å². The Labute approximate surface area is 107 Å². The van der Waals surface area contributed by atoms with Crippen LogP contribution in [0.5, 0.6) is 5.75 Å². The highest BCUT2D eigenvalue weighted by Gasteiger charge is 2.27. The van der Waals surface area contributed by atoms with E-state index >= 15 is 0 Å². The van der Waals surface area contributed by atoms with Gasteiger partial charge in [-0.2, -0.15) is 0 Å². The summed E-state index contributed by atoms with van der Waals surface area (Å²) in [5, 5.41) is 3.41. The summed E-state index contributed by atoms with van der Waals surface area (Å²) in [5.41, 5.74) is 0.578. The van der Waals surface area contributed by atoms with E-state index in [1.165, 1.54) is 0 Å². The number of methoxy groups -OCH3 is 1. The molecule has 1 N–H and O–H groups in total. The molecule has 5 nitrogen and oxygen atoms in total. The van der Waals surface area contributed by atoms with Crippen molar-refractivity contribution in [2.45, 2.75) is 25.9 Å². The minimum Gasteiger partial charge on any atom is -0.494 e. The summed E-state index contributed by atoms with van der Waals surface area (Å²) in [6, 6.07) is 2.33. The lowest BCUT2D eigenvalue weighted by molar-refractivity contribution is 0.0670. The first-order chi connectivity index (χ1) is 8.61. The Balaban J connectivity index is 2.20. The molecule has 1 aliphatic heterocycles. The van der Waals surface area contributed by atoms with Crippen LogP contribution in [-0.2, 0) is 0 Å². The molecule has 0 aliphatic carbocycles. The van der Waals surface area contributed by atoms with Crippen LogP contribution in [0.1, 0.15) is 24.2 Å². The summed E-state index contributed by atoms with van der Waals surface area (Å²) in [5.74, 6) is 0.538. The van der Waals surface area contributed by atoms with Gasteiger partial charge in [0.25, 0.3) is 5.91 Å². The van der Waals surface area contributed by atoms with Crippen LogP contribution in [0.15, 0.2) is 18.5 Å². The lowest BCUT2D eigenvalue weighted by Crippen LogP contribution is -2.55. The van der Waals surface area contributed by atoms with Crippen LogP contribution in [0, 0.1) is 0 Å². The van der Waals surface area contributed by atoms with Gasteiger partial charge in [-0.3, -0.25) is 9.78 Å². The molecule has 0 aromatic carbocycles. The molecule has 1 saturated heterocycles. The Hall–Kier alpha value is -1.62. The molecule has 0 spiro atoms. The molecule has 5 heteroatoms. The van der Waals surface area contributed by atoms with Crippen LogP contribution >= 0.6 is 0 Å². The molecule has 0 radical (unpaired) electrons. The number of amides is 1. The van der Waals surface area contributed by atoms with Crippen LogP contribution in [0.3, 0.4) is 0 Å². The Morgan fingerprint density at radius 1 is 1.44 bits per heavy atom. The summed E-state index contributed by atoms with van der Waals surface area (Å²) in [7, 11) is 1.55. The van der Waals surface area contributed by atoms with Crippen molar-refractivity contribution in [3.63, 3.8) is 0 Å². The molecule has 18 heavy (non-hydrogen) atoms. The quantitative estimate of drug-likeness (QED) is 0.846. The zero-order chi connectivity index (χ0) is 13.1. The standard InChI is InChI=1S/C13H19N3O2/c1-9-7-16(8-10(2)15-9)13(17)11-4-5-14-6-12(11)18-3/h4-6,9-10,15H,7-8H2,1-3H3. The van der Waals surface area contributed by atoms with Crippen molar-refractivity contribution in [2.24, 2.45) is 0 Å². The number of nitrogens with one attached hydrogen (secondary N) is 1. The van der Waals surface area contributed by atoms with Gasteiger partial charge in [-0.1, -0.05) is 0 Å². The van der Waals surface area contributed by atoms with Crippen LogP contribution < -0.4 is 10.1 Å². The van der Waals surface area contributed by atoms with Crippen molar-refractivity contribution >= 4 is 5.91 Å². The summed E-state index contributed by atoms with van der Waals surface area (Å²) < 4.78 is 5.19. The summed E-state index contributed by atoms with van der Waals surface area (Å²) in [6.45, 7) is 5.60. The third kappa shape index (κ3) is 2.61. The van der Waals surface area contributed by atoms with E-state index in [-0.39, 0.29) is 5.91 Å². The van der Waals surface area contributed by atoms with Crippen LogP contribution in [-0.4, -0.2) is 48.1 Å². The fraction of sp³-hybridized carbons (Fsp3) is 0.538. The predicted molar refractivity (Wildman–Crippen MR) is 68.8 cm³/mol. The number of rotatable bonds is 2. The fourth-order valence-corrected chi connectivity index (χ4v) is 2.38. The van der Waals surface area contributed by atoms with Crippen molar-refractivity contribution in [1.82, 2.24) is 15.2 Å². The molecule has 2 rings (SSSR count). The van der Waals surface area contributed by atoms with Gasteiger partial charge in [-0.05, 0) is 19.9 Å². The molecule has 2 atom stereocenters. The molecule has 2 unspecified atom stereocenters. The first kappa shape index (κ1) is 12.8. The van der Waals surface area contributed by atoms with E-state index in [1.54, 1.807) is 25.6 Å². The number of pyridine rings is 1. The Morgan fingerprint density at radius 3 is 2.72 bits per heavy atom. The number of aromatic nitrogens is 1. The van der Waals surface area contributed by atoms with Crippen molar-refractivity contribution in [3.05, 3.63) is 24.0 Å². The SMILES string of the molecule is COc1cnccc1C(=O)N1CC(C)NC(C)C1. The minimum atomic E-state index is 0.00875. The number of nitrogens with zero attached hydrogens (tertiary/aromatic N) is 2. The molecule has 1 aromatic rings. The predicted octanol–water partition coefficient (Wildman–Crippen LogP) is 0.913. The molecule has 0 saturated carbocycles. The molecule has 2 heterocycles. The third-order valence-electron chi connectivity index (χ3n) is 3.08. The summed E-state index contributed by atoms with van der Waals surface area (Å²) >= 11 is 0. The Kier molecular flexibility index (Phi) is 3.81. The molecule has 1 aromatic heterocycles. The maximum Gasteiger partial charge on any atom is 0.257 e. The zero-order valence-electron chi connectivity index (χ0n) is 11.0. The number of hydrogen-bond donors (Lipinski definition) is 1. The minimum absolute atomic E-state index is 0.00875. The molecular formula is C13H19N3O2. The highest BCUT2D eigenvalue weighted by molar-refractivity contribution is 5.96. The van der Waals surface area contributed by atoms with Crippen molar-refractivity contribution in [1.29, 1.82) is 0 Å². The van der Waals surface area contributed by atoms with E-state index in [9.17, 15) is 4.79 Å². The number of carbonyl (C=O) groups is 1. The lowest BCUT2D eigenvalue weighted by Gasteiger charge is -2.36. The first-order valence-corrected chi connectivity index (χ1v) is 6.15. The topological polar surface area (TPSA) is 54.5 Å². The number of hydrogen-bond acceptors (Lipinski definition) is 4. The van der Waals surface area contributed by atoms with Gasteiger partial charge in [0.2, 0.25) is 0 Å². The molecular weight excluding hydrogens is 230 g/mol. The monoisotopic (exact) mass is 249 g/mol. The van der Waals surface area contributed by atoms with Gasteiger partial charge in [0.15, 0.2) is 0 Å².